The molecule has 1 aliphatic rings. The lowest BCUT2D eigenvalue weighted by atomic mass is 9.88. The van der Waals surface area contributed by atoms with Crippen LogP contribution in [0.25, 0.3) is 11.0 Å². The largest absolute Gasteiger partial charge is 0.331 e. The lowest BCUT2D eigenvalue weighted by Gasteiger charge is -2.26. The molecule has 1 aliphatic carbocycles. The van der Waals surface area contributed by atoms with E-state index in [0.29, 0.717) is 6.04 Å². The summed E-state index contributed by atoms with van der Waals surface area (Å²) in [6.07, 6.45) is 3.25. The van der Waals surface area contributed by atoms with E-state index < -0.39 is 0 Å². The van der Waals surface area contributed by atoms with Crippen LogP contribution in [-0.4, -0.2) is 9.55 Å². The first kappa shape index (κ1) is 13.1. The molecular weight excluding hydrogens is 300 g/mol. The van der Waals surface area contributed by atoms with Crippen molar-refractivity contribution in [2.24, 2.45) is 0 Å². The fourth-order valence-corrected chi connectivity index (χ4v) is 3.88. The monoisotopic (exact) mass is 314 g/mol. The Hall–Kier alpha value is -1.58. The molecule has 3 aromatic rings. The van der Waals surface area contributed by atoms with Gasteiger partial charge in [0.15, 0.2) is 4.77 Å². The lowest BCUT2D eigenvalue weighted by molar-refractivity contribution is 0.448. The summed E-state index contributed by atoms with van der Waals surface area (Å²) in [5.74, 6) is 0. The van der Waals surface area contributed by atoms with Crippen LogP contribution in [0.4, 0.5) is 0 Å². The van der Waals surface area contributed by atoms with Crippen LogP contribution in [0, 0.1) is 4.77 Å². The van der Waals surface area contributed by atoms with Crippen LogP contribution in [-0.2, 0) is 12.8 Å². The second kappa shape index (κ2) is 5.00. The van der Waals surface area contributed by atoms with Crippen molar-refractivity contribution in [2.45, 2.75) is 25.3 Å². The minimum Gasteiger partial charge on any atom is -0.331 e. The quantitative estimate of drug-likeness (QED) is 0.621. The van der Waals surface area contributed by atoms with Gasteiger partial charge in [-0.3, -0.25) is 0 Å². The second-order valence-electron chi connectivity index (χ2n) is 5.63. The molecule has 106 valence electrons. The molecule has 0 aliphatic heterocycles. The molecule has 1 atom stereocenters. The second-order valence-corrected chi connectivity index (χ2v) is 6.45. The molecule has 4 heteroatoms. The molecule has 0 amide bonds. The maximum atomic E-state index is 6.16. The minimum absolute atomic E-state index is 0.402. The molecule has 0 saturated heterocycles. The Kier molecular flexibility index (Phi) is 3.12. The van der Waals surface area contributed by atoms with Gasteiger partial charge in [-0.2, -0.15) is 0 Å². The van der Waals surface area contributed by atoms with Gasteiger partial charge in [-0.1, -0.05) is 35.9 Å². The van der Waals surface area contributed by atoms with Crippen LogP contribution in [0.3, 0.4) is 0 Å². The molecular formula is C17H15ClN2S. The van der Waals surface area contributed by atoms with Crippen LogP contribution < -0.4 is 0 Å². The van der Waals surface area contributed by atoms with E-state index in [0.717, 1.165) is 40.1 Å². The van der Waals surface area contributed by atoms with E-state index in [1.165, 1.54) is 11.1 Å². The van der Waals surface area contributed by atoms with Crippen molar-refractivity contribution in [1.29, 1.82) is 0 Å². The Balaban J connectivity index is 1.83. The molecule has 0 bridgehead atoms. The number of rotatable bonds is 1. The summed E-state index contributed by atoms with van der Waals surface area (Å²) >= 11 is 11.7. The molecule has 21 heavy (non-hydrogen) atoms. The average molecular weight is 315 g/mol. The Morgan fingerprint density at radius 1 is 1.14 bits per heavy atom. The predicted octanol–water partition coefficient (Wildman–Crippen LogP) is 5.08. The highest BCUT2D eigenvalue weighted by atomic mass is 35.5. The fraction of sp³-hybridized carbons (Fsp3) is 0.235. The third-order valence-corrected chi connectivity index (χ3v) is 4.90. The highest BCUT2D eigenvalue weighted by molar-refractivity contribution is 7.71. The van der Waals surface area contributed by atoms with Gasteiger partial charge < -0.3 is 9.55 Å². The van der Waals surface area contributed by atoms with Gasteiger partial charge >= 0.3 is 0 Å². The minimum atomic E-state index is 0.402. The van der Waals surface area contributed by atoms with Crippen LogP contribution in [0.1, 0.15) is 23.6 Å². The summed E-state index contributed by atoms with van der Waals surface area (Å²) in [4.78, 5) is 3.29. The molecule has 0 saturated carbocycles. The molecule has 1 aromatic heterocycles. The van der Waals surface area contributed by atoms with Crippen molar-refractivity contribution in [1.82, 2.24) is 9.55 Å². The molecule has 0 fully saturated rings. The molecule has 1 unspecified atom stereocenters. The number of aromatic amines is 1. The Bertz CT molecular complexity index is 878. The predicted molar refractivity (Wildman–Crippen MR) is 89.6 cm³/mol. The third-order valence-electron chi connectivity index (χ3n) is 4.37. The van der Waals surface area contributed by atoms with Gasteiger partial charge in [-0.05, 0) is 60.8 Å². The van der Waals surface area contributed by atoms with Gasteiger partial charge in [0.1, 0.15) is 0 Å². The summed E-state index contributed by atoms with van der Waals surface area (Å²) in [7, 11) is 0. The first-order valence-corrected chi connectivity index (χ1v) is 7.97. The number of halogens is 1. The number of imidazole rings is 1. The van der Waals surface area contributed by atoms with E-state index >= 15 is 0 Å². The van der Waals surface area contributed by atoms with Crippen molar-refractivity contribution in [2.75, 3.05) is 0 Å². The topological polar surface area (TPSA) is 20.7 Å². The maximum absolute atomic E-state index is 6.16. The molecule has 0 radical (unpaired) electrons. The van der Waals surface area contributed by atoms with E-state index in [9.17, 15) is 0 Å². The highest BCUT2D eigenvalue weighted by Crippen LogP contribution is 2.32. The van der Waals surface area contributed by atoms with E-state index in [1.54, 1.807) is 0 Å². The van der Waals surface area contributed by atoms with Crippen molar-refractivity contribution in [3.8, 4) is 0 Å². The first-order valence-electron chi connectivity index (χ1n) is 7.19. The van der Waals surface area contributed by atoms with E-state index in [2.05, 4.69) is 33.8 Å². The van der Waals surface area contributed by atoms with Gasteiger partial charge in [-0.25, -0.2) is 0 Å². The molecule has 4 rings (SSSR count). The van der Waals surface area contributed by atoms with Gasteiger partial charge in [0, 0.05) is 11.1 Å². The Morgan fingerprint density at radius 3 is 2.81 bits per heavy atom. The van der Waals surface area contributed by atoms with Crippen LogP contribution in [0.15, 0.2) is 42.5 Å². The number of fused-ring (bicyclic) bond motifs is 2. The number of hydrogen-bond acceptors (Lipinski definition) is 1. The third kappa shape index (κ3) is 2.21. The zero-order valence-electron chi connectivity index (χ0n) is 11.5. The van der Waals surface area contributed by atoms with E-state index in [1.807, 2.05) is 18.2 Å². The molecule has 0 spiro atoms. The van der Waals surface area contributed by atoms with Crippen LogP contribution >= 0.6 is 23.8 Å². The van der Waals surface area contributed by atoms with Crippen molar-refractivity contribution >= 4 is 34.9 Å². The summed E-state index contributed by atoms with van der Waals surface area (Å²) in [5.41, 5.74) is 5.07. The van der Waals surface area contributed by atoms with Crippen LogP contribution in [0.5, 0.6) is 0 Å². The standard InChI is InChI=1S/C17H15ClN2S/c18-13-6-8-15-16(10-13)20(17(21)19-15)14-7-5-11-3-1-2-4-12(11)9-14/h1-4,6,8,10,14H,5,7,9H2,(H,19,21). The molecule has 1 heterocycles. The number of nitrogens with zero attached hydrogens (tertiary/aromatic N) is 1. The first-order chi connectivity index (χ1) is 10.2. The van der Waals surface area contributed by atoms with Gasteiger partial charge in [-0.15, -0.1) is 0 Å². The van der Waals surface area contributed by atoms with Crippen molar-refractivity contribution < 1.29 is 0 Å². The Morgan fingerprint density at radius 2 is 1.95 bits per heavy atom. The number of benzene rings is 2. The Labute approximate surface area is 133 Å². The van der Waals surface area contributed by atoms with Crippen LogP contribution in [0.2, 0.25) is 5.02 Å². The highest BCUT2D eigenvalue weighted by Gasteiger charge is 2.22. The maximum Gasteiger partial charge on any atom is 0.178 e. The zero-order valence-corrected chi connectivity index (χ0v) is 13.0. The number of aromatic nitrogens is 2. The number of aryl methyl sites for hydroxylation is 1. The average Bonchev–Trinajstić information content (AvgIpc) is 2.82. The SMILES string of the molecule is S=c1[nH]c2ccc(Cl)cc2n1C1CCc2ccccc2C1. The lowest BCUT2D eigenvalue weighted by Crippen LogP contribution is -2.18. The number of H-pyrrole nitrogens is 1. The zero-order chi connectivity index (χ0) is 14.4. The van der Waals surface area contributed by atoms with Gasteiger partial charge in [0.25, 0.3) is 0 Å². The smallest absolute Gasteiger partial charge is 0.178 e. The number of nitrogens with one attached hydrogen (secondary N) is 1. The summed E-state index contributed by atoms with van der Waals surface area (Å²) < 4.78 is 3.03. The van der Waals surface area contributed by atoms with Crippen molar-refractivity contribution in [3.05, 3.63) is 63.4 Å². The van der Waals surface area contributed by atoms with E-state index in [4.69, 9.17) is 23.8 Å². The molecule has 2 nitrogen and oxygen atoms in total. The molecule has 2 aromatic carbocycles. The van der Waals surface area contributed by atoms with Gasteiger partial charge in [0.05, 0.1) is 11.0 Å². The van der Waals surface area contributed by atoms with E-state index in [-0.39, 0.29) is 0 Å². The normalized spacial score (nSPS) is 17.9. The summed E-state index contributed by atoms with van der Waals surface area (Å²) in [6.45, 7) is 0. The van der Waals surface area contributed by atoms with Crippen molar-refractivity contribution in [3.63, 3.8) is 0 Å². The summed E-state index contributed by atoms with van der Waals surface area (Å²) in [6, 6.07) is 15.0. The summed E-state index contributed by atoms with van der Waals surface area (Å²) in [5, 5.41) is 0.751. The number of hydrogen-bond donors (Lipinski definition) is 1. The fourth-order valence-electron chi connectivity index (χ4n) is 3.36. The molecule has 1 N–H and O–H groups in total. The van der Waals surface area contributed by atoms with Gasteiger partial charge in [0.2, 0.25) is 0 Å².